The average molecular weight is 153 g/mol. The van der Waals surface area contributed by atoms with Crippen LogP contribution < -0.4 is 0 Å². The van der Waals surface area contributed by atoms with Gasteiger partial charge in [0.1, 0.15) is 4.84 Å². The lowest BCUT2D eigenvalue weighted by Crippen LogP contribution is -1.86. The van der Waals surface area contributed by atoms with Gasteiger partial charge in [-0.1, -0.05) is 13.0 Å². The normalized spacial score (nSPS) is 12.9. The molecule has 0 radical (unpaired) electrons. The number of halogens is 2. The van der Waals surface area contributed by atoms with Crippen LogP contribution in [0.2, 0.25) is 0 Å². The van der Waals surface area contributed by atoms with Gasteiger partial charge in [0.25, 0.3) is 0 Å². The fourth-order valence-electron chi connectivity index (χ4n) is 0.411. The minimum absolute atomic E-state index is 0.324. The van der Waals surface area contributed by atoms with E-state index in [9.17, 15) is 0 Å². The van der Waals surface area contributed by atoms with E-state index in [0.29, 0.717) is 0 Å². The maximum Gasteiger partial charge on any atom is 0.128 e. The third-order valence-electron chi connectivity index (χ3n) is 0.870. The van der Waals surface area contributed by atoms with Crippen molar-refractivity contribution in [2.24, 2.45) is 0 Å². The van der Waals surface area contributed by atoms with Crippen molar-refractivity contribution < 1.29 is 0 Å². The molecule has 0 aromatic rings. The van der Waals surface area contributed by atoms with Crippen LogP contribution in [-0.2, 0) is 0 Å². The van der Waals surface area contributed by atoms with E-state index >= 15 is 0 Å². The Hall–Kier alpha value is 0.320. The lowest BCUT2D eigenvalue weighted by atomic mass is 10.3. The number of allylic oxidation sites excluding steroid dienone is 2. The molecule has 0 aromatic heterocycles. The van der Waals surface area contributed by atoms with E-state index in [2.05, 4.69) is 6.92 Å². The standard InChI is InChI=1S/C6H10Cl2/c1-3-4-5(2)6(7)8/h4,6H,3H2,1-2H3. The summed E-state index contributed by atoms with van der Waals surface area (Å²) in [6.45, 7) is 3.98. The summed E-state index contributed by atoms with van der Waals surface area (Å²) in [5.74, 6) is 0. The number of hydrogen-bond acceptors (Lipinski definition) is 0. The fourth-order valence-corrected chi connectivity index (χ4v) is 0.589. The lowest BCUT2D eigenvalue weighted by molar-refractivity contribution is 1.16. The third-order valence-corrected chi connectivity index (χ3v) is 1.56. The third kappa shape index (κ3) is 3.34. The van der Waals surface area contributed by atoms with Gasteiger partial charge in [0.15, 0.2) is 0 Å². The molecule has 0 aliphatic heterocycles. The molecule has 0 heterocycles. The molecule has 0 aliphatic carbocycles. The van der Waals surface area contributed by atoms with Crippen molar-refractivity contribution in [3.8, 4) is 0 Å². The van der Waals surface area contributed by atoms with Crippen molar-refractivity contribution in [2.45, 2.75) is 25.1 Å². The van der Waals surface area contributed by atoms with Crippen molar-refractivity contribution >= 4 is 23.2 Å². The zero-order chi connectivity index (χ0) is 6.57. The first kappa shape index (κ1) is 8.32. The molecule has 0 bridgehead atoms. The quantitative estimate of drug-likeness (QED) is 0.422. The van der Waals surface area contributed by atoms with Crippen LogP contribution in [-0.4, -0.2) is 4.84 Å². The van der Waals surface area contributed by atoms with Gasteiger partial charge in [0.2, 0.25) is 0 Å². The highest BCUT2D eigenvalue weighted by atomic mass is 35.5. The van der Waals surface area contributed by atoms with Crippen LogP contribution >= 0.6 is 23.2 Å². The minimum Gasteiger partial charge on any atom is -0.100 e. The second-order valence-corrected chi connectivity index (χ2v) is 2.75. The highest BCUT2D eigenvalue weighted by Gasteiger charge is 1.97. The van der Waals surface area contributed by atoms with Gasteiger partial charge in [-0.05, 0) is 18.9 Å². The summed E-state index contributed by atoms with van der Waals surface area (Å²) in [4.78, 5) is -0.324. The van der Waals surface area contributed by atoms with Crippen LogP contribution in [0.5, 0.6) is 0 Å². The molecule has 48 valence electrons. The predicted molar refractivity (Wildman–Crippen MR) is 39.5 cm³/mol. The van der Waals surface area contributed by atoms with Gasteiger partial charge < -0.3 is 0 Å². The van der Waals surface area contributed by atoms with Crippen molar-refractivity contribution in [2.75, 3.05) is 0 Å². The number of hydrogen-bond donors (Lipinski definition) is 0. The molecule has 0 unspecified atom stereocenters. The number of rotatable bonds is 2. The van der Waals surface area contributed by atoms with Gasteiger partial charge in [-0.2, -0.15) is 0 Å². The Morgan fingerprint density at radius 1 is 1.62 bits per heavy atom. The molecular weight excluding hydrogens is 143 g/mol. The van der Waals surface area contributed by atoms with Gasteiger partial charge in [0.05, 0.1) is 0 Å². The molecule has 0 spiro atoms. The molecule has 8 heavy (non-hydrogen) atoms. The highest BCUT2D eigenvalue weighted by molar-refractivity contribution is 6.46. The molecule has 0 N–H and O–H groups in total. The first-order valence-electron chi connectivity index (χ1n) is 2.63. The van der Waals surface area contributed by atoms with Crippen LogP contribution in [0, 0.1) is 0 Å². The molecule has 0 saturated heterocycles. The molecule has 0 nitrogen and oxygen atoms in total. The van der Waals surface area contributed by atoms with E-state index in [4.69, 9.17) is 23.2 Å². The average Bonchev–Trinajstić information content (AvgIpc) is 1.67. The Morgan fingerprint density at radius 2 is 2.12 bits per heavy atom. The predicted octanol–water partition coefficient (Wildman–Crippen LogP) is 3.15. The molecule has 0 saturated carbocycles. The molecule has 0 amide bonds. The molecular formula is C6H10Cl2. The van der Waals surface area contributed by atoms with Crippen molar-refractivity contribution in [1.82, 2.24) is 0 Å². The SMILES string of the molecule is CCC=C(C)C(Cl)Cl. The summed E-state index contributed by atoms with van der Waals surface area (Å²) < 4.78 is 0. The van der Waals surface area contributed by atoms with E-state index in [0.717, 1.165) is 12.0 Å². The van der Waals surface area contributed by atoms with Gasteiger partial charge in [0, 0.05) is 0 Å². The van der Waals surface area contributed by atoms with Crippen LogP contribution in [0.15, 0.2) is 11.6 Å². The van der Waals surface area contributed by atoms with Crippen molar-refractivity contribution in [3.05, 3.63) is 11.6 Å². The smallest absolute Gasteiger partial charge is 0.100 e. The summed E-state index contributed by atoms with van der Waals surface area (Å²) in [6.07, 6.45) is 3.02. The minimum atomic E-state index is -0.324. The maximum absolute atomic E-state index is 5.50. The van der Waals surface area contributed by atoms with Gasteiger partial charge in [-0.25, -0.2) is 0 Å². The van der Waals surface area contributed by atoms with Crippen LogP contribution in [0.3, 0.4) is 0 Å². The van der Waals surface area contributed by atoms with Crippen molar-refractivity contribution in [1.29, 1.82) is 0 Å². The summed E-state index contributed by atoms with van der Waals surface area (Å²) in [6, 6.07) is 0. The molecule has 0 fully saturated rings. The Kier molecular flexibility index (Phi) is 4.39. The van der Waals surface area contributed by atoms with E-state index in [1.165, 1.54) is 0 Å². The largest absolute Gasteiger partial charge is 0.128 e. The Morgan fingerprint density at radius 3 is 2.25 bits per heavy atom. The molecule has 0 aliphatic rings. The first-order chi connectivity index (χ1) is 3.68. The second-order valence-electron chi connectivity index (χ2n) is 1.66. The van der Waals surface area contributed by atoms with E-state index in [1.807, 2.05) is 13.0 Å². The Labute approximate surface area is 60.5 Å². The monoisotopic (exact) mass is 152 g/mol. The molecule has 0 rings (SSSR count). The van der Waals surface area contributed by atoms with Crippen molar-refractivity contribution in [3.63, 3.8) is 0 Å². The Bertz CT molecular complexity index is 84.5. The van der Waals surface area contributed by atoms with E-state index < -0.39 is 0 Å². The summed E-state index contributed by atoms with van der Waals surface area (Å²) in [7, 11) is 0. The first-order valence-corrected chi connectivity index (χ1v) is 3.50. The zero-order valence-electron chi connectivity index (χ0n) is 5.12. The zero-order valence-corrected chi connectivity index (χ0v) is 6.63. The summed E-state index contributed by atoms with van der Waals surface area (Å²) in [5.41, 5.74) is 1.04. The van der Waals surface area contributed by atoms with E-state index in [1.54, 1.807) is 0 Å². The maximum atomic E-state index is 5.50. The highest BCUT2D eigenvalue weighted by Crippen LogP contribution is 2.13. The molecule has 2 heteroatoms. The van der Waals surface area contributed by atoms with Gasteiger partial charge in [-0.15, -0.1) is 23.2 Å². The second kappa shape index (κ2) is 4.22. The summed E-state index contributed by atoms with van der Waals surface area (Å²) in [5, 5.41) is 0. The van der Waals surface area contributed by atoms with E-state index in [-0.39, 0.29) is 4.84 Å². The molecule has 0 aromatic carbocycles. The van der Waals surface area contributed by atoms with Crippen LogP contribution in [0.1, 0.15) is 20.3 Å². The molecule has 0 atom stereocenters. The van der Waals surface area contributed by atoms with Crippen LogP contribution in [0.4, 0.5) is 0 Å². The van der Waals surface area contributed by atoms with Gasteiger partial charge in [-0.3, -0.25) is 0 Å². The number of alkyl halides is 2. The topological polar surface area (TPSA) is 0 Å². The lowest BCUT2D eigenvalue weighted by Gasteiger charge is -1.97. The fraction of sp³-hybridized carbons (Fsp3) is 0.667. The summed E-state index contributed by atoms with van der Waals surface area (Å²) >= 11 is 11.0. The van der Waals surface area contributed by atoms with Gasteiger partial charge >= 0.3 is 0 Å². The Balaban J connectivity index is 3.61. The van der Waals surface area contributed by atoms with Crippen LogP contribution in [0.25, 0.3) is 0 Å².